The molecule has 0 amide bonds. The van der Waals surface area contributed by atoms with Crippen LogP contribution in [0, 0.1) is 5.82 Å². The smallest absolute Gasteiger partial charge is 0.168 e. The summed E-state index contributed by atoms with van der Waals surface area (Å²) in [6, 6.07) is 13.4. The highest BCUT2D eigenvalue weighted by molar-refractivity contribution is 5.99. The second-order valence-corrected chi connectivity index (χ2v) is 4.69. The van der Waals surface area contributed by atoms with Crippen molar-refractivity contribution in [1.82, 2.24) is 9.78 Å². The Hall–Kier alpha value is -2.49. The lowest BCUT2D eigenvalue weighted by Gasteiger charge is -1.99. The lowest BCUT2D eigenvalue weighted by Crippen LogP contribution is -2.05. The van der Waals surface area contributed by atoms with Crippen molar-refractivity contribution in [3.05, 3.63) is 65.6 Å². The molecule has 0 bridgehead atoms. The summed E-state index contributed by atoms with van der Waals surface area (Å²) in [5.74, 6) is -0.404. The van der Waals surface area contributed by atoms with Crippen molar-refractivity contribution in [2.75, 3.05) is 0 Å². The van der Waals surface area contributed by atoms with E-state index in [1.54, 1.807) is 4.68 Å². The summed E-state index contributed by atoms with van der Waals surface area (Å²) in [6.07, 6.45) is 0.215. The Morgan fingerprint density at radius 2 is 1.85 bits per heavy atom. The summed E-state index contributed by atoms with van der Waals surface area (Å²) in [5.41, 5.74) is 2.24. The Morgan fingerprint density at radius 3 is 2.60 bits per heavy atom. The van der Waals surface area contributed by atoms with Crippen LogP contribution < -0.4 is 0 Å². The Bertz CT molecular complexity index is 775. The molecule has 0 unspecified atom stereocenters. The van der Waals surface area contributed by atoms with Crippen molar-refractivity contribution in [1.29, 1.82) is 0 Å². The van der Waals surface area contributed by atoms with Gasteiger partial charge in [-0.1, -0.05) is 18.2 Å². The lowest BCUT2D eigenvalue weighted by atomic mass is 10.0. The number of carbonyl (C=O) groups excluding carboxylic acids is 1. The van der Waals surface area contributed by atoms with Crippen molar-refractivity contribution in [2.24, 2.45) is 7.05 Å². The van der Waals surface area contributed by atoms with Gasteiger partial charge in [-0.15, -0.1) is 0 Å². The highest BCUT2D eigenvalue weighted by atomic mass is 19.1. The normalized spacial score (nSPS) is 10.9. The van der Waals surface area contributed by atoms with Crippen LogP contribution in [0.3, 0.4) is 0 Å². The van der Waals surface area contributed by atoms with Gasteiger partial charge >= 0.3 is 0 Å². The molecule has 20 heavy (non-hydrogen) atoms. The average Bonchev–Trinajstić information content (AvgIpc) is 2.77. The number of aryl methyl sites for hydroxylation is 1. The van der Waals surface area contributed by atoms with E-state index in [0.29, 0.717) is 5.56 Å². The molecule has 3 rings (SSSR count). The molecule has 3 nitrogen and oxygen atoms in total. The Balaban J connectivity index is 1.93. The summed E-state index contributed by atoms with van der Waals surface area (Å²) >= 11 is 0. The van der Waals surface area contributed by atoms with Crippen molar-refractivity contribution in [2.45, 2.75) is 6.42 Å². The largest absolute Gasteiger partial charge is 0.294 e. The molecule has 0 radical (unpaired) electrons. The number of aromatic nitrogens is 2. The fourth-order valence-corrected chi connectivity index (χ4v) is 2.31. The number of halogens is 1. The number of hydrogen-bond donors (Lipinski definition) is 0. The van der Waals surface area contributed by atoms with Gasteiger partial charge in [-0.2, -0.15) is 5.10 Å². The molecule has 0 spiro atoms. The molecule has 0 N–H and O–H groups in total. The molecular weight excluding hydrogens is 255 g/mol. The fraction of sp³-hybridized carbons (Fsp3) is 0.125. The first kappa shape index (κ1) is 12.5. The first-order chi connectivity index (χ1) is 9.65. The van der Waals surface area contributed by atoms with Crippen LogP contribution >= 0.6 is 0 Å². The standard InChI is InChI=1S/C16H13FN2O/c1-19-15-5-3-2-4-13(15)14(18-19)10-16(20)11-6-8-12(17)9-7-11/h2-9H,10H2,1H3. The maximum absolute atomic E-state index is 12.9. The van der Waals surface area contributed by atoms with Crippen molar-refractivity contribution < 1.29 is 9.18 Å². The molecule has 3 aromatic rings. The van der Waals surface area contributed by atoms with Gasteiger partial charge in [0.25, 0.3) is 0 Å². The zero-order chi connectivity index (χ0) is 14.1. The topological polar surface area (TPSA) is 34.9 Å². The van der Waals surface area contributed by atoms with Crippen LogP contribution in [0.4, 0.5) is 4.39 Å². The van der Waals surface area contributed by atoms with E-state index >= 15 is 0 Å². The third-order valence-electron chi connectivity index (χ3n) is 3.33. The molecule has 0 saturated carbocycles. The molecule has 0 fully saturated rings. The third-order valence-corrected chi connectivity index (χ3v) is 3.33. The minimum Gasteiger partial charge on any atom is -0.294 e. The van der Waals surface area contributed by atoms with Crippen molar-refractivity contribution in [3.8, 4) is 0 Å². The van der Waals surface area contributed by atoms with Gasteiger partial charge < -0.3 is 0 Å². The zero-order valence-electron chi connectivity index (χ0n) is 11.0. The number of nitrogens with zero attached hydrogens (tertiary/aromatic N) is 2. The van der Waals surface area contributed by atoms with Crippen molar-refractivity contribution >= 4 is 16.7 Å². The molecule has 0 saturated heterocycles. The van der Waals surface area contributed by atoms with E-state index in [9.17, 15) is 9.18 Å². The summed E-state index contributed by atoms with van der Waals surface area (Å²) in [4.78, 5) is 12.2. The monoisotopic (exact) mass is 268 g/mol. The van der Waals surface area contributed by atoms with Crippen LogP contribution in [0.15, 0.2) is 48.5 Å². The average molecular weight is 268 g/mol. The molecule has 0 aliphatic rings. The molecule has 0 aliphatic heterocycles. The summed E-state index contributed by atoms with van der Waals surface area (Å²) < 4.78 is 14.6. The number of para-hydroxylation sites is 1. The van der Waals surface area contributed by atoms with E-state index in [2.05, 4.69) is 5.10 Å². The first-order valence-corrected chi connectivity index (χ1v) is 6.34. The van der Waals surface area contributed by atoms with Gasteiger partial charge in [-0.05, 0) is 30.3 Å². The van der Waals surface area contributed by atoms with Gasteiger partial charge in [0.1, 0.15) is 5.82 Å². The highest BCUT2D eigenvalue weighted by Crippen LogP contribution is 2.19. The van der Waals surface area contributed by atoms with E-state index in [1.807, 2.05) is 31.3 Å². The number of benzene rings is 2. The van der Waals surface area contributed by atoms with E-state index in [-0.39, 0.29) is 18.0 Å². The van der Waals surface area contributed by atoms with E-state index in [4.69, 9.17) is 0 Å². The molecule has 100 valence electrons. The number of ketones is 1. The van der Waals surface area contributed by atoms with Crippen LogP contribution in [0.25, 0.3) is 10.9 Å². The van der Waals surface area contributed by atoms with E-state index in [1.165, 1.54) is 24.3 Å². The number of Topliss-reactive ketones (excluding diaryl/α,β-unsaturated/α-hetero) is 1. The van der Waals surface area contributed by atoms with Crippen molar-refractivity contribution in [3.63, 3.8) is 0 Å². The summed E-state index contributed by atoms with van der Waals surface area (Å²) in [5, 5.41) is 5.37. The lowest BCUT2D eigenvalue weighted by molar-refractivity contribution is 0.0992. The SMILES string of the molecule is Cn1nc(CC(=O)c2ccc(F)cc2)c2ccccc21. The van der Waals surface area contributed by atoms with Crippen LogP contribution in [0.5, 0.6) is 0 Å². The molecule has 0 atom stereocenters. The molecule has 2 aromatic carbocycles. The van der Waals surface area contributed by atoms with Crippen LogP contribution in [-0.4, -0.2) is 15.6 Å². The highest BCUT2D eigenvalue weighted by Gasteiger charge is 2.13. The number of carbonyl (C=O) groups is 1. The Labute approximate surface area is 115 Å². The first-order valence-electron chi connectivity index (χ1n) is 6.34. The van der Waals surface area contributed by atoms with Crippen LogP contribution in [-0.2, 0) is 13.5 Å². The second kappa shape index (κ2) is 4.89. The quantitative estimate of drug-likeness (QED) is 0.684. The van der Waals surface area contributed by atoms with E-state index in [0.717, 1.165) is 16.6 Å². The molecule has 1 heterocycles. The zero-order valence-corrected chi connectivity index (χ0v) is 11.0. The fourth-order valence-electron chi connectivity index (χ4n) is 2.31. The Kier molecular flexibility index (Phi) is 3.06. The number of rotatable bonds is 3. The van der Waals surface area contributed by atoms with Gasteiger partial charge in [0, 0.05) is 18.0 Å². The molecule has 4 heteroatoms. The molecule has 1 aromatic heterocycles. The Morgan fingerprint density at radius 1 is 1.15 bits per heavy atom. The maximum atomic E-state index is 12.9. The third kappa shape index (κ3) is 2.20. The summed E-state index contributed by atoms with van der Waals surface area (Å²) in [7, 11) is 1.86. The number of hydrogen-bond acceptors (Lipinski definition) is 2. The van der Waals surface area contributed by atoms with Gasteiger partial charge in [-0.3, -0.25) is 9.48 Å². The van der Waals surface area contributed by atoms with Crippen LogP contribution in [0.1, 0.15) is 16.1 Å². The minimum absolute atomic E-state index is 0.0612. The molecule has 0 aliphatic carbocycles. The molecular formula is C16H13FN2O. The van der Waals surface area contributed by atoms with Gasteiger partial charge in [0.05, 0.1) is 17.6 Å². The van der Waals surface area contributed by atoms with Gasteiger partial charge in [0.15, 0.2) is 5.78 Å². The number of fused-ring (bicyclic) bond motifs is 1. The predicted octanol–water partition coefficient (Wildman–Crippen LogP) is 3.14. The predicted molar refractivity (Wildman–Crippen MR) is 75.1 cm³/mol. The van der Waals surface area contributed by atoms with Gasteiger partial charge in [0.2, 0.25) is 0 Å². The summed E-state index contributed by atoms with van der Waals surface area (Å²) in [6.45, 7) is 0. The van der Waals surface area contributed by atoms with Gasteiger partial charge in [-0.25, -0.2) is 4.39 Å². The van der Waals surface area contributed by atoms with Crippen LogP contribution in [0.2, 0.25) is 0 Å². The second-order valence-electron chi connectivity index (χ2n) is 4.69. The van der Waals surface area contributed by atoms with E-state index < -0.39 is 0 Å². The minimum atomic E-state index is -0.343. The maximum Gasteiger partial charge on any atom is 0.168 e.